The molecule has 2 aromatic rings. The van der Waals surface area contributed by atoms with E-state index in [0.717, 1.165) is 0 Å². The molecule has 2 N–H and O–H groups in total. The first-order valence-electron chi connectivity index (χ1n) is 6.81. The average Bonchev–Trinajstić information content (AvgIpc) is 2.55. The highest BCUT2D eigenvalue weighted by atomic mass is 35.6. The number of hydrogen-bond acceptors (Lipinski definition) is 4. The smallest absolute Gasteiger partial charge is 0.269 e. The molecule has 0 saturated carbocycles. The third-order valence-corrected chi connectivity index (χ3v) is 4.10. The molecule has 0 heterocycles. The predicted molar refractivity (Wildman–Crippen MR) is 99.7 cm³/mol. The minimum absolute atomic E-state index is 0.135. The van der Waals surface area contributed by atoms with E-state index in [2.05, 4.69) is 10.6 Å². The Morgan fingerprint density at radius 1 is 1.08 bits per heavy atom. The van der Waals surface area contributed by atoms with Crippen LogP contribution in [0.15, 0.2) is 48.5 Å². The Morgan fingerprint density at radius 3 is 2.20 bits per heavy atom. The number of nitrogens with one attached hydrogen (secondary N) is 2. The molecule has 0 bridgehead atoms. The van der Waals surface area contributed by atoms with Crippen LogP contribution in [0.5, 0.6) is 0 Å². The predicted octanol–water partition coefficient (Wildman–Crippen LogP) is 4.79. The van der Waals surface area contributed by atoms with Crippen molar-refractivity contribution < 1.29 is 9.72 Å². The number of benzene rings is 2. The van der Waals surface area contributed by atoms with E-state index in [1.165, 1.54) is 24.3 Å². The van der Waals surface area contributed by atoms with Crippen LogP contribution in [0.1, 0.15) is 10.4 Å². The number of nitrogens with zero attached hydrogens (tertiary/aromatic N) is 1. The van der Waals surface area contributed by atoms with Gasteiger partial charge in [0.1, 0.15) is 6.17 Å². The summed E-state index contributed by atoms with van der Waals surface area (Å²) in [5.74, 6) is -0.578. The van der Waals surface area contributed by atoms with Crippen LogP contribution >= 0.6 is 46.4 Å². The number of non-ortho nitro benzene ring substituents is 1. The second-order valence-corrected chi connectivity index (χ2v) is 7.65. The van der Waals surface area contributed by atoms with Gasteiger partial charge in [0.25, 0.3) is 11.6 Å². The molecule has 0 aromatic heterocycles. The molecule has 0 aliphatic rings. The van der Waals surface area contributed by atoms with E-state index < -0.39 is 20.8 Å². The highest BCUT2D eigenvalue weighted by molar-refractivity contribution is 6.68. The average molecular weight is 423 g/mol. The van der Waals surface area contributed by atoms with E-state index in [1.807, 2.05) is 0 Å². The van der Waals surface area contributed by atoms with Gasteiger partial charge >= 0.3 is 0 Å². The van der Waals surface area contributed by atoms with Crippen molar-refractivity contribution in [3.05, 3.63) is 69.2 Å². The van der Waals surface area contributed by atoms with Crippen LogP contribution in [0.4, 0.5) is 11.4 Å². The topological polar surface area (TPSA) is 84.3 Å². The van der Waals surface area contributed by atoms with Crippen molar-refractivity contribution in [2.24, 2.45) is 0 Å². The summed E-state index contributed by atoms with van der Waals surface area (Å²) in [4.78, 5) is 22.4. The van der Waals surface area contributed by atoms with Crippen LogP contribution in [0.2, 0.25) is 5.02 Å². The van der Waals surface area contributed by atoms with Crippen molar-refractivity contribution in [1.82, 2.24) is 5.32 Å². The van der Waals surface area contributed by atoms with Gasteiger partial charge in [-0.05, 0) is 24.3 Å². The van der Waals surface area contributed by atoms with Crippen molar-refractivity contribution in [3.63, 3.8) is 0 Å². The van der Waals surface area contributed by atoms with Crippen LogP contribution in [0.25, 0.3) is 0 Å². The lowest BCUT2D eigenvalue weighted by Gasteiger charge is -2.27. The summed E-state index contributed by atoms with van der Waals surface area (Å²) in [6.45, 7) is 0. The fourth-order valence-electron chi connectivity index (χ4n) is 1.88. The maximum absolute atomic E-state index is 12.3. The van der Waals surface area contributed by atoms with Gasteiger partial charge < -0.3 is 10.6 Å². The molecular weight excluding hydrogens is 412 g/mol. The Balaban J connectivity index is 2.18. The van der Waals surface area contributed by atoms with Gasteiger partial charge in [-0.3, -0.25) is 14.9 Å². The lowest BCUT2D eigenvalue weighted by molar-refractivity contribution is -0.384. The van der Waals surface area contributed by atoms with E-state index in [9.17, 15) is 14.9 Å². The minimum Gasteiger partial charge on any atom is -0.361 e. The van der Waals surface area contributed by atoms with Gasteiger partial charge in [0.15, 0.2) is 0 Å². The Hall–Kier alpha value is -1.73. The van der Waals surface area contributed by atoms with Gasteiger partial charge in [-0.1, -0.05) is 58.5 Å². The highest BCUT2D eigenvalue weighted by Gasteiger charge is 2.34. The molecule has 132 valence electrons. The standard InChI is InChI=1S/C15H11Cl4N3O3/c16-11-3-1-2-4-12(11)20-14(15(17,18)19)21-13(23)9-5-7-10(8-6-9)22(24)25/h1-8,14,20H,(H,21,23). The number of nitro groups is 1. The van der Waals surface area contributed by atoms with Crippen molar-refractivity contribution >= 4 is 63.7 Å². The fraction of sp³-hybridized carbons (Fsp3) is 0.133. The second kappa shape index (κ2) is 8.10. The highest BCUT2D eigenvalue weighted by Crippen LogP contribution is 2.33. The van der Waals surface area contributed by atoms with E-state index in [0.29, 0.717) is 10.7 Å². The monoisotopic (exact) mass is 421 g/mol. The van der Waals surface area contributed by atoms with Gasteiger partial charge in [0, 0.05) is 17.7 Å². The van der Waals surface area contributed by atoms with Crippen LogP contribution in [-0.2, 0) is 0 Å². The number of rotatable bonds is 5. The molecule has 1 amide bonds. The quantitative estimate of drug-likeness (QED) is 0.314. The van der Waals surface area contributed by atoms with E-state index >= 15 is 0 Å². The van der Waals surface area contributed by atoms with Crippen LogP contribution < -0.4 is 10.6 Å². The van der Waals surface area contributed by atoms with E-state index in [4.69, 9.17) is 46.4 Å². The zero-order valence-electron chi connectivity index (χ0n) is 12.4. The molecule has 2 aromatic carbocycles. The number of alkyl halides is 3. The molecular formula is C15H11Cl4N3O3. The SMILES string of the molecule is O=C(NC(Nc1ccccc1Cl)C(Cl)(Cl)Cl)c1ccc([N+](=O)[O-])cc1. The molecule has 0 radical (unpaired) electrons. The Bertz CT molecular complexity index is 778. The third-order valence-electron chi connectivity index (χ3n) is 3.12. The van der Waals surface area contributed by atoms with Crippen molar-refractivity contribution in [2.75, 3.05) is 5.32 Å². The summed E-state index contributed by atoms with van der Waals surface area (Å²) in [5.41, 5.74) is 0.499. The molecule has 0 aliphatic heterocycles. The molecule has 0 fully saturated rings. The normalized spacial score (nSPS) is 12.3. The summed E-state index contributed by atoms with van der Waals surface area (Å²) in [7, 11) is 0. The zero-order chi connectivity index (χ0) is 18.6. The largest absolute Gasteiger partial charge is 0.361 e. The zero-order valence-corrected chi connectivity index (χ0v) is 15.4. The molecule has 25 heavy (non-hydrogen) atoms. The van der Waals surface area contributed by atoms with Crippen molar-refractivity contribution in [3.8, 4) is 0 Å². The Morgan fingerprint density at radius 2 is 1.68 bits per heavy atom. The molecule has 0 saturated heterocycles. The maximum Gasteiger partial charge on any atom is 0.269 e. The first-order chi connectivity index (χ1) is 11.7. The van der Waals surface area contributed by atoms with Gasteiger partial charge in [-0.2, -0.15) is 0 Å². The fourth-order valence-corrected chi connectivity index (χ4v) is 2.40. The summed E-state index contributed by atoms with van der Waals surface area (Å²) >= 11 is 23.8. The number of hydrogen-bond donors (Lipinski definition) is 2. The number of para-hydroxylation sites is 1. The number of halogens is 4. The number of amides is 1. The molecule has 1 atom stereocenters. The first kappa shape index (κ1) is 19.6. The molecule has 0 spiro atoms. The Labute approximate surface area is 163 Å². The molecule has 1 unspecified atom stereocenters. The summed E-state index contributed by atoms with van der Waals surface area (Å²) in [6, 6.07) is 11.8. The molecule has 6 nitrogen and oxygen atoms in total. The number of carbonyl (C=O) groups is 1. The minimum atomic E-state index is -1.88. The van der Waals surface area contributed by atoms with Crippen LogP contribution in [0, 0.1) is 10.1 Å². The maximum atomic E-state index is 12.3. The van der Waals surface area contributed by atoms with Crippen molar-refractivity contribution in [2.45, 2.75) is 9.96 Å². The lowest BCUT2D eigenvalue weighted by atomic mass is 10.2. The number of anilines is 1. The third kappa shape index (κ3) is 5.37. The number of nitro benzene ring substituents is 1. The van der Waals surface area contributed by atoms with Crippen molar-refractivity contribution in [1.29, 1.82) is 0 Å². The lowest BCUT2D eigenvalue weighted by Crippen LogP contribution is -2.49. The Kier molecular flexibility index (Phi) is 6.35. The summed E-state index contributed by atoms with van der Waals surface area (Å²) < 4.78 is -1.88. The van der Waals surface area contributed by atoms with Gasteiger partial charge in [0.2, 0.25) is 3.79 Å². The van der Waals surface area contributed by atoms with E-state index in [-0.39, 0.29) is 11.3 Å². The van der Waals surface area contributed by atoms with Gasteiger partial charge in [0.05, 0.1) is 15.6 Å². The first-order valence-corrected chi connectivity index (χ1v) is 8.33. The van der Waals surface area contributed by atoms with E-state index in [1.54, 1.807) is 24.3 Å². The van der Waals surface area contributed by atoms with Crippen LogP contribution in [-0.4, -0.2) is 20.8 Å². The summed E-state index contributed by atoms with van der Waals surface area (Å²) in [6.07, 6.45) is -1.10. The van der Waals surface area contributed by atoms with Gasteiger partial charge in [-0.15, -0.1) is 0 Å². The molecule has 10 heteroatoms. The molecule has 0 aliphatic carbocycles. The second-order valence-electron chi connectivity index (χ2n) is 4.88. The van der Waals surface area contributed by atoms with Gasteiger partial charge in [-0.25, -0.2) is 0 Å². The summed E-state index contributed by atoms with van der Waals surface area (Å²) in [5, 5.41) is 16.4. The van der Waals surface area contributed by atoms with Crippen LogP contribution in [0.3, 0.4) is 0 Å². The number of carbonyl (C=O) groups excluding carboxylic acids is 1. The molecule has 2 rings (SSSR count).